The summed E-state index contributed by atoms with van der Waals surface area (Å²) in [6, 6.07) is 0.580. The lowest BCUT2D eigenvalue weighted by Gasteiger charge is -2.33. The van der Waals surface area contributed by atoms with Crippen LogP contribution in [0.3, 0.4) is 0 Å². The van der Waals surface area contributed by atoms with Crippen LogP contribution < -0.4 is 5.32 Å². The summed E-state index contributed by atoms with van der Waals surface area (Å²) in [5.74, 6) is 2.11. The predicted molar refractivity (Wildman–Crippen MR) is 63.2 cm³/mol. The molecule has 1 aliphatic heterocycles. The average Bonchev–Trinajstić information content (AvgIpc) is 2.63. The topological polar surface area (TPSA) is 46.0 Å². The Morgan fingerprint density at radius 2 is 2.25 bits per heavy atom. The van der Waals surface area contributed by atoms with E-state index in [-0.39, 0.29) is 0 Å². The highest BCUT2D eigenvalue weighted by atomic mass is 15.3. The van der Waals surface area contributed by atoms with Crippen LogP contribution in [0.5, 0.6) is 0 Å². The molecule has 0 radical (unpaired) electrons. The number of aryl methyl sites for hydroxylation is 1. The molecule has 0 bridgehead atoms. The van der Waals surface area contributed by atoms with Gasteiger partial charge in [0, 0.05) is 32.2 Å². The molecule has 1 atom stereocenters. The molecule has 0 aromatic carbocycles. The molecule has 1 aromatic heterocycles. The quantitative estimate of drug-likeness (QED) is 0.806. The lowest BCUT2D eigenvalue weighted by atomic mass is 10.2. The number of rotatable bonds is 3. The van der Waals surface area contributed by atoms with Crippen LogP contribution in [0.1, 0.15) is 25.5 Å². The molecule has 90 valence electrons. The van der Waals surface area contributed by atoms with Gasteiger partial charge < -0.3 is 9.88 Å². The second kappa shape index (κ2) is 4.93. The van der Waals surface area contributed by atoms with Gasteiger partial charge in [0.2, 0.25) is 0 Å². The minimum Gasteiger partial charge on any atom is -0.314 e. The molecule has 1 N–H and O–H groups in total. The number of nitrogens with zero attached hydrogens (tertiary/aromatic N) is 4. The Morgan fingerprint density at radius 3 is 2.94 bits per heavy atom. The van der Waals surface area contributed by atoms with Gasteiger partial charge in [-0.05, 0) is 20.8 Å². The van der Waals surface area contributed by atoms with Gasteiger partial charge in [0.1, 0.15) is 11.6 Å². The van der Waals surface area contributed by atoms with Crippen molar-refractivity contribution in [2.75, 3.05) is 19.6 Å². The fourth-order valence-electron chi connectivity index (χ4n) is 2.25. The van der Waals surface area contributed by atoms with E-state index in [4.69, 9.17) is 0 Å². The highest BCUT2D eigenvalue weighted by Crippen LogP contribution is 2.09. The third-order valence-electron chi connectivity index (χ3n) is 3.31. The van der Waals surface area contributed by atoms with Crippen molar-refractivity contribution in [2.45, 2.75) is 39.9 Å². The summed E-state index contributed by atoms with van der Waals surface area (Å²) < 4.78 is 2.19. The van der Waals surface area contributed by atoms with E-state index < -0.39 is 0 Å². The zero-order valence-corrected chi connectivity index (χ0v) is 10.4. The van der Waals surface area contributed by atoms with E-state index in [1.54, 1.807) is 0 Å². The van der Waals surface area contributed by atoms with Crippen LogP contribution in [0, 0.1) is 6.92 Å². The Kier molecular flexibility index (Phi) is 3.56. The molecule has 2 heterocycles. The molecule has 1 aliphatic rings. The molecule has 1 saturated heterocycles. The molecule has 16 heavy (non-hydrogen) atoms. The third kappa shape index (κ3) is 2.25. The standard InChI is InChI=1S/C11H21N5/c1-4-16-10(3)13-14-11(16)8-15-6-5-12-7-9(15)2/h9,12H,4-8H2,1-3H3. The minimum atomic E-state index is 0.580. The van der Waals surface area contributed by atoms with Crippen molar-refractivity contribution in [1.29, 1.82) is 0 Å². The molecule has 0 saturated carbocycles. The Hall–Kier alpha value is -0.940. The maximum absolute atomic E-state index is 4.27. The number of hydrogen-bond donors (Lipinski definition) is 1. The maximum atomic E-state index is 4.27. The molecule has 0 amide bonds. The summed E-state index contributed by atoms with van der Waals surface area (Å²) >= 11 is 0. The van der Waals surface area contributed by atoms with Crippen LogP contribution in [0.15, 0.2) is 0 Å². The second-order valence-electron chi connectivity index (χ2n) is 4.43. The van der Waals surface area contributed by atoms with Crippen LogP contribution >= 0.6 is 0 Å². The Labute approximate surface area is 96.8 Å². The first kappa shape index (κ1) is 11.5. The summed E-state index contributed by atoms with van der Waals surface area (Å²) in [5, 5.41) is 11.8. The lowest BCUT2D eigenvalue weighted by Crippen LogP contribution is -2.49. The van der Waals surface area contributed by atoms with Gasteiger partial charge >= 0.3 is 0 Å². The van der Waals surface area contributed by atoms with E-state index in [1.807, 2.05) is 6.92 Å². The fraction of sp³-hybridized carbons (Fsp3) is 0.818. The van der Waals surface area contributed by atoms with Crippen molar-refractivity contribution in [3.05, 3.63) is 11.6 Å². The van der Waals surface area contributed by atoms with Crippen molar-refractivity contribution in [3.63, 3.8) is 0 Å². The van der Waals surface area contributed by atoms with Crippen LogP contribution in [-0.2, 0) is 13.1 Å². The molecule has 5 heteroatoms. The summed E-state index contributed by atoms with van der Waals surface area (Å²) in [6.07, 6.45) is 0. The van der Waals surface area contributed by atoms with E-state index in [2.05, 4.69) is 38.8 Å². The maximum Gasteiger partial charge on any atom is 0.147 e. The molecule has 0 spiro atoms. The minimum absolute atomic E-state index is 0.580. The van der Waals surface area contributed by atoms with Crippen LogP contribution in [0.2, 0.25) is 0 Å². The Bertz CT molecular complexity index is 346. The Balaban J connectivity index is 2.07. The summed E-state index contributed by atoms with van der Waals surface area (Å²) in [5.41, 5.74) is 0. The number of piperazine rings is 1. The summed E-state index contributed by atoms with van der Waals surface area (Å²) in [4.78, 5) is 2.46. The predicted octanol–water partition coefficient (Wildman–Crippen LogP) is 0.400. The first-order chi connectivity index (χ1) is 7.72. The van der Waals surface area contributed by atoms with E-state index in [9.17, 15) is 0 Å². The molecular formula is C11H21N5. The van der Waals surface area contributed by atoms with Crippen molar-refractivity contribution in [3.8, 4) is 0 Å². The molecule has 0 aliphatic carbocycles. The van der Waals surface area contributed by atoms with Gasteiger partial charge in [0.15, 0.2) is 0 Å². The monoisotopic (exact) mass is 223 g/mol. The van der Waals surface area contributed by atoms with Gasteiger partial charge in [-0.3, -0.25) is 4.90 Å². The lowest BCUT2D eigenvalue weighted by molar-refractivity contribution is 0.159. The normalized spacial score (nSPS) is 22.6. The second-order valence-corrected chi connectivity index (χ2v) is 4.43. The third-order valence-corrected chi connectivity index (χ3v) is 3.31. The largest absolute Gasteiger partial charge is 0.314 e. The van der Waals surface area contributed by atoms with Crippen LogP contribution in [0.25, 0.3) is 0 Å². The number of aromatic nitrogens is 3. The van der Waals surface area contributed by atoms with Gasteiger partial charge in [-0.2, -0.15) is 0 Å². The van der Waals surface area contributed by atoms with Crippen molar-refractivity contribution in [2.24, 2.45) is 0 Å². The van der Waals surface area contributed by atoms with Crippen molar-refractivity contribution < 1.29 is 0 Å². The van der Waals surface area contributed by atoms with Crippen molar-refractivity contribution >= 4 is 0 Å². The van der Waals surface area contributed by atoms with Gasteiger partial charge in [0.25, 0.3) is 0 Å². The first-order valence-electron chi connectivity index (χ1n) is 6.05. The van der Waals surface area contributed by atoms with E-state index in [1.165, 1.54) is 0 Å². The fourth-order valence-corrected chi connectivity index (χ4v) is 2.25. The van der Waals surface area contributed by atoms with Gasteiger partial charge in [-0.1, -0.05) is 0 Å². The smallest absolute Gasteiger partial charge is 0.147 e. The summed E-state index contributed by atoms with van der Waals surface area (Å²) in [7, 11) is 0. The number of nitrogens with one attached hydrogen (secondary N) is 1. The molecular weight excluding hydrogens is 202 g/mol. The Morgan fingerprint density at radius 1 is 1.44 bits per heavy atom. The summed E-state index contributed by atoms with van der Waals surface area (Å²) in [6.45, 7) is 11.5. The van der Waals surface area contributed by atoms with E-state index >= 15 is 0 Å². The first-order valence-corrected chi connectivity index (χ1v) is 6.05. The molecule has 2 rings (SSSR count). The SMILES string of the molecule is CCn1c(C)nnc1CN1CCNCC1C. The average molecular weight is 223 g/mol. The van der Waals surface area contributed by atoms with Crippen molar-refractivity contribution in [1.82, 2.24) is 25.0 Å². The molecule has 1 unspecified atom stereocenters. The molecule has 1 fully saturated rings. The molecule has 5 nitrogen and oxygen atoms in total. The highest BCUT2D eigenvalue weighted by molar-refractivity contribution is 4.95. The van der Waals surface area contributed by atoms with E-state index in [0.29, 0.717) is 6.04 Å². The van der Waals surface area contributed by atoms with Crippen LogP contribution in [-0.4, -0.2) is 45.3 Å². The van der Waals surface area contributed by atoms with E-state index in [0.717, 1.165) is 44.4 Å². The van der Waals surface area contributed by atoms with Crippen LogP contribution in [0.4, 0.5) is 0 Å². The van der Waals surface area contributed by atoms with Gasteiger partial charge in [0.05, 0.1) is 6.54 Å². The zero-order chi connectivity index (χ0) is 11.5. The number of hydrogen-bond acceptors (Lipinski definition) is 4. The van der Waals surface area contributed by atoms with Gasteiger partial charge in [-0.25, -0.2) is 0 Å². The highest BCUT2D eigenvalue weighted by Gasteiger charge is 2.20. The zero-order valence-electron chi connectivity index (χ0n) is 10.4. The van der Waals surface area contributed by atoms with Gasteiger partial charge in [-0.15, -0.1) is 10.2 Å². The molecule has 1 aromatic rings.